The second-order valence-corrected chi connectivity index (χ2v) is 8.46. The van der Waals surface area contributed by atoms with Crippen LogP contribution in [0.5, 0.6) is 0 Å². The predicted octanol–water partition coefficient (Wildman–Crippen LogP) is 3.78. The van der Waals surface area contributed by atoms with Crippen LogP contribution in [0.2, 0.25) is 0 Å². The molecule has 0 saturated carbocycles. The quantitative estimate of drug-likeness (QED) is 0.462. The van der Waals surface area contributed by atoms with Gasteiger partial charge in [-0.05, 0) is 43.0 Å². The van der Waals surface area contributed by atoms with Gasteiger partial charge in [-0.3, -0.25) is 19.9 Å². The number of allylic oxidation sites excluding steroid dienone is 1. The Kier molecular flexibility index (Phi) is 6.50. The van der Waals surface area contributed by atoms with Gasteiger partial charge in [0.25, 0.3) is 11.8 Å². The van der Waals surface area contributed by atoms with E-state index in [0.717, 1.165) is 23.9 Å². The Hall–Kier alpha value is -3.99. The number of benzene rings is 1. The fraction of sp³-hybridized carbons (Fsp3) is 0.320. The summed E-state index contributed by atoms with van der Waals surface area (Å²) >= 11 is 0. The van der Waals surface area contributed by atoms with Crippen LogP contribution < -0.4 is 5.32 Å². The summed E-state index contributed by atoms with van der Waals surface area (Å²) in [7, 11) is 0. The fourth-order valence-corrected chi connectivity index (χ4v) is 4.17. The summed E-state index contributed by atoms with van der Waals surface area (Å²) in [5.74, 6) is -0.0103. The van der Waals surface area contributed by atoms with Gasteiger partial charge in [-0.2, -0.15) is 5.26 Å². The molecule has 4 rings (SSSR count). The minimum absolute atomic E-state index is 0.104. The van der Waals surface area contributed by atoms with Crippen molar-refractivity contribution in [2.45, 2.75) is 39.3 Å². The zero-order valence-electron chi connectivity index (χ0n) is 18.7. The molecule has 2 aromatic heterocycles. The Morgan fingerprint density at radius 1 is 1.27 bits per heavy atom. The highest BCUT2D eigenvalue weighted by atomic mass is 16.2. The molecule has 33 heavy (non-hydrogen) atoms. The number of nitrogens with zero attached hydrogens (tertiary/aromatic N) is 5. The molecule has 8 heteroatoms. The van der Waals surface area contributed by atoms with Crippen LogP contribution in [-0.4, -0.2) is 43.8 Å². The third-order valence-corrected chi connectivity index (χ3v) is 5.69. The first-order valence-corrected chi connectivity index (χ1v) is 11.1. The molecular formula is C25H26N6O2. The van der Waals surface area contributed by atoms with Gasteiger partial charge in [0.05, 0.1) is 22.6 Å². The lowest BCUT2D eigenvalue weighted by Crippen LogP contribution is -2.39. The van der Waals surface area contributed by atoms with Crippen molar-refractivity contribution in [1.29, 1.82) is 5.26 Å². The Bertz CT molecular complexity index is 1240. The van der Waals surface area contributed by atoms with E-state index in [-0.39, 0.29) is 29.3 Å². The van der Waals surface area contributed by atoms with Gasteiger partial charge in [0.15, 0.2) is 0 Å². The number of anilines is 1. The van der Waals surface area contributed by atoms with Gasteiger partial charge < -0.3 is 9.47 Å². The minimum atomic E-state index is -0.300. The molecule has 1 aromatic carbocycles. The molecular weight excluding hydrogens is 416 g/mol. The normalized spacial score (nSPS) is 16.2. The van der Waals surface area contributed by atoms with Crippen molar-refractivity contribution in [2.24, 2.45) is 5.92 Å². The van der Waals surface area contributed by atoms with Crippen LogP contribution >= 0.6 is 0 Å². The Labute approximate surface area is 192 Å². The number of aromatic nitrogens is 3. The number of carbonyl (C=O) groups is 2. The number of para-hydroxylation sites is 2. The highest BCUT2D eigenvalue weighted by Gasteiger charge is 2.32. The van der Waals surface area contributed by atoms with E-state index in [9.17, 15) is 14.9 Å². The van der Waals surface area contributed by atoms with E-state index in [1.54, 1.807) is 29.3 Å². The van der Waals surface area contributed by atoms with Gasteiger partial charge in [-0.25, -0.2) is 4.98 Å². The van der Waals surface area contributed by atoms with Gasteiger partial charge in [0, 0.05) is 25.5 Å². The second kappa shape index (κ2) is 9.65. The van der Waals surface area contributed by atoms with Crippen LogP contribution in [0, 0.1) is 17.2 Å². The summed E-state index contributed by atoms with van der Waals surface area (Å²) in [5.41, 5.74) is 2.24. The zero-order valence-corrected chi connectivity index (χ0v) is 18.7. The number of nitriles is 1. The molecule has 1 saturated heterocycles. The first-order chi connectivity index (χ1) is 16.0. The molecule has 1 aliphatic heterocycles. The minimum Gasteiger partial charge on any atom is -0.333 e. The number of imidazole rings is 1. The van der Waals surface area contributed by atoms with E-state index in [0.29, 0.717) is 24.6 Å². The predicted molar refractivity (Wildman–Crippen MR) is 125 cm³/mol. The van der Waals surface area contributed by atoms with Crippen molar-refractivity contribution >= 4 is 28.8 Å². The molecule has 0 bridgehead atoms. The topological polar surface area (TPSA) is 104 Å². The monoisotopic (exact) mass is 442 g/mol. The number of fused-ring (bicyclic) bond motifs is 1. The smallest absolute Gasteiger partial charge is 0.264 e. The maximum Gasteiger partial charge on any atom is 0.264 e. The molecule has 2 amide bonds. The summed E-state index contributed by atoms with van der Waals surface area (Å²) in [6.45, 7) is 4.96. The summed E-state index contributed by atoms with van der Waals surface area (Å²) in [6.07, 6.45) is 6.50. The first kappa shape index (κ1) is 22.2. The summed E-state index contributed by atoms with van der Waals surface area (Å²) in [4.78, 5) is 36.3. The Balaban J connectivity index is 1.64. The van der Waals surface area contributed by atoms with Crippen molar-refractivity contribution in [3.8, 4) is 6.07 Å². The summed E-state index contributed by atoms with van der Waals surface area (Å²) < 4.78 is 1.94. The number of hydrogen-bond donors (Lipinski definition) is 1. The van der Waals surface area contributed by atoms with Crippen LogP contribution in [0.4, 0.5) is 5.95 Å². The lowest BCUT2D eigenvalue weighted by atomic mass is 10.1. The number of likely N-dealkylation sites (tertiary alicyclic amines) is 1. The van der Waals surface area contributed by atoms with Crippen LogP contribution in [-0.2, 0) is 11.3 Å². The molecule has 3 aromatic rings. The van der Waals surface area contributed by atoms with Gasteiger partial charge in [0.2, 0.25) is 5.95 Å². The largest absolute Gasteiger partial charge is 0.333 e. The molecule has 1 unspecified atom stereocenters. The van der Waals surface area contributed by atoms with Crippen molar-refractivity contribution in [2.75, 3.05) is 11.9 Å². The van der Waals surface area contributed by atoms with Crippen LogP contribution in [0.3, 0.4) is 0 Å². The molecule has 1 atom stereocenters. The first-order valence-electron chi connectivity index (χ1n) is 11.1. The van der Waals surface area contributed by atoms with Crippen molar-refractivity contribution in [1.82, 2.24) is 19.4 Å². The van der Waals surface area contributed by atoms with Crippen LogP contribution in [0.1, 0.15) is 37.0 Å². The van der Waals surface area contributed by atoms with E-state index >= 15 is 0 Å². The molecule has 168 valence electrons. The number of amides is 2. The van der Waals surface area contributed by atoms with Crippen molar-refractivity contribution in [3.63, 3.8) is 0 Å². The van der Waals surface area contributed by atoms with Gasteiger partial charge >= 0.3 is 0 Å². The third-order valence-electron chi connectivity index (χ3n) is 5.69. The van der Waals surface area contributed by atoms with Gasteiger partial charge in [-0.15, -0.1) is 0 Å². The van der Waals surface area contributed by atoms with Gasteiger partial charge in [-0.1, -0.05) is 32.1 Å². The summed E-state index contributed by atoms with van der Waals surface area (Å²) in [6, 6.07) is 13.0. The molecule has 1 N–H and O–H groups in total. The van der Waals surface area contributed by atoms with Crippen molar-refractivity contribution in [3.05, 3.63) is 66.0 Å². The maximum absolute atomic E-state index is 13.1. The number of pyridine rings is 1. The molecule has 0 spiro atoms. The standard InChI is InChI=1S/C25H26N6O2/c1-17(2)13-19(14-26)24(33)30-12-6-8-20(30)16-31-22-10-4-3-9-21(22)28-25(31)29-23(32)18-7-5-11-27-15-18/h3-5,7,9-11,13,15,17,20H,6,8,12,16H2,1-2H3,(H,28,29,32)/b19-13+. The Morgan fingerprint density at radius 2 is 2.09 bits per heavy atom. The maximum atomic E-state index is 13.1. The lowest BCUT2D eigenvalue weighted by molar-refractivity contribution is -0.127. The van der Waals surface area contributed by atoms with E-state index in [1.165, 1.54) is 6.20 Å². The lowest BCUT2D eigenvalue weighted by Gasteiger charge is -2.26. The molecule has 1 fully saturated rings. The number of rotatable bonds is 6. The molecule has 1 aliphatic rings. The highest BCUT2D eigenvalue weighted by molar-refractivity contribution is 6.04. The van der Waals surface area contributed by atoms with Crippen LogP contribution in [0.15, 0.2) is 60.4 Å². The Morgan fingerprint density at radius 3 is 2.82 bits per heavy atom. The van der Waals surface area contributed by atoms with E-state index < -0.39 is 0 Å². The van der Waals surface area contributed by atoms with E-state index in [2.05, 4.69) is 21.4 Å². The zero-order chi connectivity index (χ0) is 23.4. The third kappa shape index (κ3) is 4.77. The van der Waals surface area contributed by atoms with E-state index in [1.807, 2.05) is 42.7 Å². The average molecular weight is 443 g/mol. The highest BCUT2D eigenvalue weighted by Crippen LogP contribution is 2.26. The molecule has 3 heterocycles. The van der Waals surface area contributed by atoms with Crippen LogP contribution in [0.25, 0.3) is 11.0 Å². The molecule has 8 nitrogen and oxygen atoms in total. The molecule has 0 aliphatic carbocycles. The number of hydrogen-bond acceptors (Lipinski definition) is 5. The van der Waals surface area contributed by atoms with Crippen molar-refractivity contribution < 1.29 is 9.59 Å². The van der Waals surface area contributed by atoms with Gasteiger partial charge in [0.1, 0.15) is 11.6 Å². The second-order valence-electron chi connectivity index (χ2n) is 8.46. The average Bonchev–Trinajstić information content (AvgIpc) is 3.42. The van der Waals surface area contributed by atoms with E-state index in [4.69, 9.17) is 0 Å². The number of nitrogens with one attached hydrogen (secondary N) is 1. The number of carbonyl (C=O) groups excluding carboxylic acids is 2. The summed E-state index contributed by atoms with van der Waals surface area (Å²) in [5, 5.41) is 12.4. The molecule has 0 radical (unpaired) electrons. The fourth-order valence-electron chi connectivity index (χ4n) is 4.17. The SMILES string of the molecule is CC(C)/C=C(\C#N)C(=O)N1CCCC1Cn1c(NC(=O)c2cccnc2)nc2ccccc21.